The number of rotatable bonds is 8. The van der Waals surface area contributed by atoms with E-state index in [0.29, 0.717) is 15.6 Å². The number of likely N-dealkylation sites (tertiary alicyclic amines) is 1. The number of methoxy groups -OCH3 is 1. The van der Waals surface area contributed by atoms with Gasteiger partial charge in [-0.2, -0.15) is 0 Å². The van der Waals surface area contributed by atoms with E-state index >= 15 is 0 Å². The summed E-state index contributed by atoms with van der Waals surface area (Å²) in [6.45, 7) is 1.42. The fourth-order valence-electron chi connectivity index (χ4n) is 5.88. The Balaban J connectivity index is 1.86. The van der Waals surface area contributed by atoms with Crippen LogP contribution in [0.4, 0.5) is 5.69 Å². The molecular weight excluding hydrogens is 580 g/mol. The molecule has 3 aromatic carbocycles. The van der Waals surface area contributed by atoms with Crippen LogP contribution in [0.3, 0.4) is 0 Å². The second kappa shape index (κ2) is 11.4. The van der Waals surface area contributed by atoms with Crippen molar-refractivity contribution in [1.82, 2.24) is 4.90 Å². The van der Waals surface area contributed by atoms with Crippen molar-refractivity contribution in [1.29, 1.82) is 0 Å². The fourth-order valence-corrected chi connectivity index (χ4v) is 6.91. The van der Waals surface area contributed by atoms with Gasteiger partial charge in [0.15, 0.2) is 5.78 Å². The second-order valence-electron chi connectivity index (χ2n) is 10.0. The Hall–Kier alpha value is -4.54. The number of thiophene rings is 1. The maximum Gasteiger partial charge on any atom is 0.330 e. The molecular formula is C31H25ClN2O7S. The van der Waals surface area contributed by atoms with Gasteiger partial charge in [0.2, 0.25) is 0 Å². The van der Waals surface area contributed by atoms with Crippen LogP contribution in [0.5, 0.6) is 5.75 Å². The molecule has 4 atom stereocenters. The molecule has 11 heteroatoms. The number of carboxylic acid groups (broad SMARTS) is 1. The lowest BCUT2D eigenvalue weighted by molar-refractivity contribution is -0.385. The van der Waals surface area contributed by atoms with Gasteiger partial charge >= 0.3 is 5.97 Å². The van der Waals surface area contributed by atoms with Gasteiger partial charge in [-0.05, 0) is 54.4 Å². The van der Waals surface area contributed by atoms with E-state index in [4.69, 9.17) is 16.3 Å². The number of amides is 1. The van der Waals surface area contributed by atoms with Gasteiger partial charge < -0.3 is 14.7 Å². The molecule has 0 aliphatic carbocycles. The Labute approximate surface area is 250 Å². The molecule has 214 valence electrons. The number of halogens is 1. The molecule has 1 aromatic heterocycles. The summed E-state index contributed by atoms with van der Waals surface area (Å²) >= 11 is 7.23. The zero-order chi connectivity index (χ0) is 30.2. The first-order chi connectivity index (χ1) is 20.1. The molecule has 0 radical (unpaired) electrons. The Morgan fingerprint density at radius 3 is 2.29 bits per heavy atom. The number of benzene rings is 3. The topological polar surface area (TPSA) is 127 Å². The van der Waals surface area contributed by atoms with Gasteiger partial charge in [-0.1, -0.05) is 54.1 Å². The largest absolute Gasteiger partial charge is 0.497 e. The normalized spacial score (nSPS) is 21.6. The molecule has 5 rings (SSSR count). The zero-order valence-electron chi connectivity index (χ0n) is 22.5. The van der Waals surface area contributed by atoms with Crippen molar-refractivity contribution < 1.29 is 29.2 Å². The van der Waals surface area contributed by atoms with Crippen LogP contribution in [0.2, 0.25) is 4.34 Å². The molecule has 9 nitrogen and oxygen atoms in total. The van der Waals surface area contributed by atoms with E-state index in [1.54, 1.807) is 72.8 Å². The van der Waals surface area contributed by atoms with E-state index in [2.05, 4.69) is 0 Å². The van der Waals surface area contributed by atoms with Crippen LogP contribution in [-0.2, 0) is 4.79 Å². The summed E-state index contributed by atoms with van der Waals surface area (Å²) in [5.41, 5.74) is -1.31. The second-order valence-corrected chi connectivity index (χ2v) is 11.8. The number of nitro benzene ring substituents is 1. The molecule has 1 fully saturated rings. The number of hydrogen-bond acceptors (Lipinski definition) is 7. The Morgan fingerprint density at radius 2 is 1.67 bits per heavy atom. The molecule has 0 spiro atoms. The first-order valence-electron chi connectivity index (χ1n) is 12.9. The van der Waals surface area contributed by atoms with Crippen LogP contribution in [0, 0.1) is 16.0 Å². The summed E-state index contributed by atoms with van der Waals surface area (Å²) < 4.78 is 5.78. The molecule has 0 saturated carbocycles. The lowest BCUT2D eigenvalue weighted by Crippen LogP contribution is -2.54. The van der Waals surface area contributed by atoms with Crippen molar-refractivity contribution in [2.45, 2.75) is 24.4 Å². The maximum atomic E-state index is 14.5. The molecule has 1 N–H and O–H groups in total. The number of ether oxygens (including phenoxy) is 1. The quantitative estimate of drug-likeness (QED) is 0.136. The minimum Gasteiger partial charge on any atom is -0.497 e. The van der Waals surface area contributed by atoms with Crippen LogP contribution in [-0.4, -0.2) is 45.2 Å². The summed E-state index contributed by atoms with van der Waals surface area (Å²) in [6, 6.07) is 22.4. The summed E-state index contributed by atoms with van der Waals surface area (Å²) in [5, 5.41) is 22.7. The van der Waals surface area contributed by atoms with Crippen LogP contribution in [0.15, 0.2) is 91.0 Å². The van der Waals surface area contributed by atoms with Crippen molar-refractivity contribution >= 4 is 46.3 Å². The van der Waals surface area contributed by atoms with Crippen molar-refractivity contribution in [2.75, 3.05) is 7.11 Å². The van der Waals surface area contributed by atoms with E-state index in [1.807, 2.05) is 0 Å². The van der Waals surface area contributed by atoms with Crippen LogP contribution in [0.25, 0.3) is 0 Å². The fraction of sp³-hybridized carbons (Fsp3) is 0.194. The summed E-state index contributed by atoms with van der Waals surface area (Å²) in [5.74, 6) is -4.23. The Bertz CT molecular complexity index is 1690. The lowest BCUT2D eigenvalue weighted by atomic mass is 9.72. The van der Waals surface area contributed by atoms with Crippen LogP contribution in [0.1, 0.15) is 50.0 Å². The zero-order valence-corrected chi connectivity index (χ0v) is 24.0. The minimum absolute atomic E-state index is 0.206. The van der Waals surface area contributed by atoms with Gasteiger partial charge in [0.25, 0.3) is 11.6 Å². The number of hydrogen-bond donors (Lipinski definition) is 1. The molecule has 1 amide bonds. The molecule has 42 heavy (non-hydrogen) atoms. The number of carbonyl (C=O) groups excluding carboxylic acids is 2. The van der Waals surface area contributed by atoms with E-state index in [1.165, 1.54) is 37.1 Å². The van der Waals surface area contributed by atoms with E-state index in [-0.39, 0.29) is 21.7 Å². The van der Waals surface area contributed by atoms with Crippen molar-refractivity contribution in [2.24, 2.45) is 5.92 Å². The van der Waals surface area contributed by atoms with E-state index in [9.17, 15) is 29.6 Å². The molecule has 1 aliphatic rings. The molecule has 4 unspecified atom stereocenters. The monoisotopic (exact) mass is 604 g/mol. The molecule has 4 aromatic rings. The number of aliphatic carboxylic acids is 1. The number of non-ortho nitro benzene ring substituents is 1. The van der Waals surface area contributed by atoms with Crippen LogP contribution >= 0.6 is 22.9 Å². The van der Waals surface area contributed by atoms with Crippen molar-refractivity contribution in [3.63, 3.8) is 0 Å². The van der Waals surface area contributed by atoms with Crippen molar-refractivity contribution in [3.8, 4) is 5.75 Å². The third kappa shape index (κ3) is 4.93. The Kier molecular flexibility index (Phi) is 7.85. The van der Waals surface area contributed by atoms with E-state index in [0.717, 1.165) is 11.3 Å². The SMILES string of the molecule is COc1cccc(C2C(C(=O)c3ccc(Cl)s3)C(c3cccc([N+](=O)[O-])c3)N(C(=O)c3ccccc3)C2(C)C(=O)O)c1. The number of carboxylic acids is 1. The standard InChI is InChI=1S/C31H25ClN2O7S/c1-31(30(37)38)26(19-10-7-13-22(17-19)41-2)25(28(35)23-14-15-24(32)42-23)27(20-11-6-12-21(16-20)34(39)40)33(31)29(36)18-8-4-3-5-9-18/h3-17,25-27H,1-2H3,(H,37,38). The predicted octanol–water partition coefficient (Wildman–Crippen LogP) is 6.64. The molecule has 0 bridgehead atoms. The predicted molar refractivity (Wildman–Crippen MR) is 157 cm³/mol. The van der Waals surface area contributed by atoms with Gasteiger partial charge in [-0.3, -0.25) is 19.7 Å². The van der Waals surface area contributed by atoms with Gasteiger partial charge in [0, 0.05) is 23.6 Å². The summed E-state index contributed by atoms with van der Waals surface area (Å²) in [7, 11) is 1.47. The molecule has 1 saturated heterocycles. The third-order valence-electron chi connectivity index (χ3n) is 7.75. The third-order valence-corrected chi connectivity index (χ3v) is 9.00. The average Bonchev–Trinajstić information content (AvgIpc) is 3.56. The number of nitrogens with zero attached hydrogens (tertiary/aromatic N) is 2. The first kappa shape index (κ1) is 29.0. The number of Topliss-reactive ketones (excluding diaryl/α,β-unsaturated/α-hetero) is 1. The van der Waals surface area contributed by atoms with Gasteiger partial charge in [0.1, 0.15) is 11.3 Å². The smallest absolute Gasteiger partial charge is 0.330 e. The summed E-state index contributed by atoms with van der Waals surface area (Å²) in [4.78, 5) is 54.9. The minimum atomic E-state index is -1.98. The van der Waals surface area contributed by atoms with Crippen molar-refractivity contribution in [3.05, 3.63) is 127 Å². The Morgan fingerprint density at radius 1 is 0.976 bits per heavy atom. The maximum absolute atomic E-state index is 14.5. The average molecular weight is 605 g/mol. The highest BCUT2D eigenvalue weighted by molar-refractivity contribution is 7.18. The number of ketones is 1. The lowest BCUT2D eigenvalue weighted by Gasteiger charge is -2.38. The van der Waals surface area contributed by atoms with Gasteiger partial charge in [-0.25, -0.2) is 4.79 Å². The number of carbonyl (C=O) groups is 3. The van der Waals surface area contributed by atoms with Crippen LogP contribution < -0.4 is 4.74 Å². The highest BCUT2D eigenvalue weighted by atomic mass is 35.5. The molecule has 1 aliphatic heterocycles. The number of nitro groups is 1. The first-order valence-corrected chi connectivity index (χ1v) is 14.1. The van der Waals surface area contributed by atoms with Gasteiger partial charge in [-0.15, -0.1) is 11.3 Å². The van der Waals surface area contributed by atoms with Gasteiger partial charge in [0.05, 0.1) is 33.2 Å². The highest BCUT2D eigenvalue weighted by Crippen LogP contribution is 2.57. The molecule has 2 heterocycles. The highest BCUT2D eigenvalue weighted by Gasteiger charge is 2.65. The summed E-state index contributed by atoms with van der Waals surface area (Å²) in [6.07, 6.45) is 0. The van der Waals surface area contributed by atoms with E-state index < -0.39 is 46.0 Å².